The molecule has 0 aliphatic rings. The SMILES string of the molecule is COC(=O)Cn1ccc2ccc([N+](=O)[O-])cc21. The number of carbonyl (C=O) groups excluding carboxylic acids is 1. The highest BCUT2D eigenvalue weighted by molar-refractivity contribution is 5.84. The van der Waals surface area contributed by atoms with Gasteiger partial charge in [-0.25, -0.2) is 0 Å². The van der Waals surface area contributed by atoms with Gasteiger partial charge in [0.2, 0.25) is 0 Å². The molecule has 0 spiro atoms. The summed E-state index contributed by atoms with van der Waals surface area (Å²) < 4.78 is 6.18. The summed E-state index contributed by atoms with van der Waals surface area (Å²) in [5.41, 5.74) is 0.645. The third-order valence-corrected chi connectivity index (χ3v) is 2.50. The number of aromatic nitrogens is 1. The molecule has 1 heterocycles. The number of carbonyl (C=O) groups is 1. The summed E-state index contributed by atoms with van der Waals surface area (Å²) in [5.74, 6) is -0.394. The maximum atomic E-state index is 11.2. The van der Waals surface area contributed by atoms with Gasteiger partial charge < -0.3 is 9.30 Å². The third-order valence-electron chi connectivity index (χ3n) is 2.50. The van der Waals surface area contributed by atoms with Crippen LogP contribution in [0.4, 0.5) is 5.69 Å². The molecule has 0 bridgehead atoms. The molecular weight excluding hydrogens is 224 g/mol. The Bertz CT molecular complexity index is 588. The molecule has 2 aromatic rings. The van der Waals surface area contributed by atoms with E-state index in [2.05, 4.69) is 4.74 Å². The molecule has 2 rings (SSSR count). The smallest absolute Gasteiger partial charge is 0.325 e. The predicted octanol–water partition coefficient (Wildman–Crippen LogP) is 1.72. The molecule has 0 aliphatic carbocycles. The van der Waals surface area contributed by atoms with Crippen molar-refractivity contribution in [3.05, 3.63) is 40.6 Å². The lowest BCUT2D eigenvalue weighted by Gasteiger charge is -2.03. The summed E-state index contributed by atoms with van der Waals surface area (Å²) in [6, 6.07) is 6.33. The Balaban J connectivity index is 2.46. The fraction of sp³-hybridized carbons (Fsp3) is 0.182. The molecule has 0 N–H and O–H groups in total. The molecule has 6 nitrogen and oxygen atoms in total. The second-order valence-corrected chi connectivity index (χ2v) is 3.52. The maximum Gasteiger partial charge on any atom is 0.325 e. The Morgan fingerprint density at radius 3 is 2.88 bits per heavy atom. The van der Waals surface area contributed by atoms with Gasteiger partial charge in [-0.15, -0.1) is 0 Å². The van der Waals surface area contributed by atoms with Gasteiger partial charge in [-0.05, 0) is 12.1 Å². The highest BCUT2D eigenvalue weighted by Crippen LogP contribution is 2.21. The Labute approximate surface area is 96.6 Å². The average molecular weight is 234 g/mol. The molecule has 6 heteroatoms. The van der Waals surface area contributed by atoms with Crippen LogP contribution in [0.5, 0.6) is 0 Å². The fourth-order valence-corrected chi connectivity index (χ4v) is 1.63. The van der Waals surface area contributed by atoms with Gasteiger partial charge in [-0.3, -0.25) is 14.9 Å². The molecule has 0 fully saturated rings. The summed E-state index contributed by atoms with van der Waals surface area (Å²) in [7, 11) is 1.30. The highest BCUT2D eigenvalue weighted by atomic mass is 16.6. The van der Waals surface area contributed by atoms with Crippen molar-refractivity contribution in [3.8, 4) is 0 Å². The quantitative estimate of drug-likeness (QED) is 0.460. The molecular formula is C11H10N2O4. The number of rotatable bonds is 3. The standard InChI is InChI=1S/C11H10N2O4/c1-17-11(14)7-12-5-4-8-2-3-9(13(15)16)6-10(8)12/h2-6H,7H2,1H3. The Hall–Kier alpha value is -2.37. The number of nitro benzene ring substituents is 1. The summed E-state index contributed by atoms with van der Waals surface area (Å²) in [6.07, 6.45) is 1.70. The van der Waals surface area contributed by atoms with Gasteiger partial charge in [-0.2, -0.15) is 0 Å². The first kappa shape index (κ1) is 11.1. The van der Waals surface area contributed by atoms with Crippen molar-refractivity contribution >= 4 is 22.6 Å². The number of hydrogen-bond donors (Lipinski definition) is 0. The highest BCUT2D eigenvalue weighted by Gasteiger charge is 2.10. The van der Waals surface area contributed by atoms with Gasteiger partial charge in [0.25, 0.3) is 5.69 Å². The molecule has 0 saturated carbocycles. The van der Waals surface area contributed by atoms with Gasteiger partial charge >= 0.3 is 5.97 Å². The molecule has 17 heavy (non-hydrogen) atoms. The molecule has 0 aliphatic heterocycles. The number of fused-ring (bicyclic) bond motifs is 1. The van der Waals surface area contributed by atoms with Crippen LogP contribution in [0.2, 0.25) is 0 Å². The van der Waals surface area contributed by atoms with E-state index in [4.69, 9.17) is 0 Å². The maximum absolute atomic E-state index is 11.2. The van der Waals surface area contributed by atoms with Crippen molar-refractivity contribution in [3.63, 3.8) is 0 Å². The van der Waals surface area contributed by atoms with E-state index in [1.165, 1.54) is 19.2 Å². The van der Waals surface area contributed by atoms with Crippen LogP contribution in [-0.2, 0) is 16.1 Å². The topological polar surface area (TPSA) is 74.4 Å². The lowest BCUT2D eigenvalue weighted by atomic mass is 10.2. The number of ether oxygens (including phenoxy) is 1. The lowest BCUT2D eigenvalue weighted by molar-refractivity contribution is -0.384. The van der Waals surface area contributed by atoms with E-state index in [-0.39, 0.29) is 12.2 Å². The van der Waals surface area contributed by atoms with Gasteiger partial charge in [0.05, 0.1) is 17.5 Å². The van der Waals surface area contributed by atoms with Crippen molar-refractivity contribution in [2.45, 2.75) is 6.54 Å². The van der Waals surface area contributed by atoms with Gasteiger partial charge in [-0.1, -0.05) is 0 Å². The molecule has 0 radical (unpaired) electrons. The molecule has 1 aromatic heterocycles. The van der Waals surface area contributed by atoms with E-state index in [0.717, 1.165) is 5.39 Å². The Kier molecular flexibility index (Phi) is 2.78. The lowest BCUT2D eigenvalue weighted by Crippen LogP contribution is -2.10. The van der Waals surface area contributed by atoms with Crippen molar-refractivity contribution in [1.82, 2.24) is 4.57 Å². The predicted molar refractivity (Wildman–Crippen MR) is 60.6 cm³/mol. The Morgan fingerprint density at radius 1 is 1.47 bits per heavy atom. The summed E-state index contributed by atoms with van der Waals surface area (Å²) in [6.45, 7) is 0.0428. The van der Waals surface area contributed by atoms with Gasteiger partial charge in [0.15, 0.2) is 0 Å². The summed E-state index contributed by atoms with van der Waals surface area (Å²) >= 11 is 0. The zero-order chi connectivity index (χ0) is 12.4. The minimum Gasteiger partial charge on any atom is -0.468 e. The van der Waals surface area contributed by atoms with Crippen LogP contribution >= 0.6 is 0 Å². The normalized spacial score (nSPS) is 10.4. The van der Waals surface area contributed by atoms with Gasteiger partial charge in [0, 0.05) is 23.7 Å². The minimum atomic E-state index is -0.463. The molecule has 0 unspecified atom stereocenters. The number of hydrogen-bond acceptors (Lipinski definition) is 4. The van der Waals surface area contributed by atoms with E-state index in [1.807, 2.05) is 0 Å². The average Bonchev–Trinajstić information content (AvgIpc) is 2.71. The first-order valence-electron chi connectivity index (χ1n) is 4.92. The first-order valence-corrected chi connectivity index (χ1v) is 4.92. The minimum absolute atomic E-state index is 0.00214. The van der Waals surface area contributed by atoms with E-state index in [9.17, 15) is 14.9 Å². The van der Waals surface area contributed by atoms with Crippen LogP contribution in [0, 0.1) is 10.1 Å². The molecule has 88 valence electrons. The van der Waals surface area contributed by atoms with Crippen LogP contribution < -0.4 is 0 Å². The summed E-state index contributed by atoms with van der Waals surface area (Å²) in [4.78, 5) is 21.4. The number of nitrogens with zero attached hydrogens (tertiary/aromatic N) is 2. The van der Waals surface area contributed by atoms with E-state index in [1.54, 1.807) is 22.9 Å². The monoisotopic (exact) mass is 234 g/mol. The van der Waals surface area contributed by atoms with Crippen LogP contribution in [0.3, 0.4) is 0 Å². The largest absolute Gasteiger partial charge is 0.468 e. The Morgan fingerprint density at radius 2 is 2.24 bits per heavy atom. The zero-order valence-electron chi connectivity index (χ0n) is 9.12. The second-order valence-electron chi connectivity index (χ2n) is 3.52. The number of esters is 1. The van der Waals surface area contributed by atoms with E-state index in [0.29, 0.717) is 5.52 Å². The van der Waals surface area contributed by atoms with Crippen LogP contribution in [-0.4, -0.2) is 22.6 Å². The third kappa shape index (κ3) is 2.10. The molecule has 0 amide bonds. The molecule has 0 saturated heterocycles. The summed E-state index contributed by atoms with van der Waals surface area (Å²) in [5, 5.41) is 11.5. The molecule has 0 atom stereocenters. The zero-order valence-corrected chi connectivity index (χ0v) is 9.12. The molecule has 1 aromatic carbocycles. The number of benzene rings is 1. The van der Waals surface area contributed by atoms with E-state index >= 15 is 0 Å². The van der Waals surface area contributed by atoms with Crippen molar-refractivity contribution < 1.29 is 14.5 Å². The number of methoxy groups -OCH3 is 1. The van der Waals surface area contributed by atoms with Crippen LogP contribution in [0.15, 0.2) is 30.5 Å². The van der Waals surface area contributed by atoms with Crippen LogP contribution in [0.25, 0.3) is 10.9 Å². The van der Waals surface area contributed by atoms with Crippen molar-refractivity contribution in [1.29, 1.82) is 0 Å². The number of nitro groups is 1. The van der Waals surface area contributed by atoms with Crippen molar-refractivity contribution in [2.24, 2.45) is 0 Å². The van der Waals surface area contributed by atoms with Crippen molar-refractivity contribution in [2.75, 3.05) is 7.11 Å². The first-order chi connectivity index (χ1) is 8.11. The van der Waals surface area contributed by atoms with E-state index < -0.39 is 10.9 Å². The van der Waals surface area contributed by atoms with Gasteiger partial charge in [0.1, 0.15) is 6.54 Å². The number of non-ortho nitro benzene ring substituents is 1. The fourth-order valence-electron chi connectivity index (χ4n) is 1.63. The van der Waals surface area contributed by atoms with Crippen LogP contribution in [0.1, 0.15) is 0 Å². The second kappa shape index (κ2) is 4.25.